The van der Waals surface area contributed by atoms with Crippen LogP contribution in [0.1, 0.15) is 50.8 Å². The van der Waals surface area contributed by atoms with Crippen LogP contribution in [0.5, 0.6) is 0 Å². The van der Waals surface area contributed by atoms with E-state index in [-0.39, 0.29) is 11.8 Å². The van der Waals surface area contributed by atoms with Crippen molar-refractivity contribution in [3.63, 3.8) is 0 Å². The maximum absolute atomic E-state index is 12.3. The lowest BCUT2D eigenvalue weighted by Gasteiger charge is -2.27. The number of nitrogens with zero attached hydrogens (tertiary/aromatic N) is 1. The average Bonchev–Trinajstić information content (AvgIpc) is 2.72. The van der Waals surface area contributed by atoms with Gasteiger partial charge in [0.2, 0.25) is 10.0 Å². The zero-order valence-corrected chi connectivity index (χ0v) is 11.7. The third-order valence-corrected chi connectivity index (χ3v) is 5.47. The molecule has 0 aliphatic carbocycles. The van der Waals surface area contributed by atoms with E-state index in [9.17, 15) is 8.42 Å². The second-order valence-corrected chi connectivity index (χ2v) is 6.85. The van der Waals surface area contributed by atoms with Gasteiger partial charge in [0.05, 0.1) is 18.1 Å². The summed E-state index contributed by atoms with van der Waals surface area (Å²) in [6, 6.07) is 3.59. The van der Waals surface area contributed by atoms with Gasteiger partial charge in [-0.2, -0.15) is 4.31 Å². The molecular formula is C13H21NO3S. The monoisotopic (exact) mass is 271 g/mol. The van der Waals surface area contributed by atoms with E-state index in [0.29, 0.717) is 13.0 Å². The predicted molar refractivity (Wildman–Crippen MR) is 70.7 cm³/mol. The van der Waals surface area contributed by atoms with Crippen molar-refractivity contribution >= 4 is 10.0 Å². The largest absolute Gasteiger partial charge is 0.468 e. The molecule has 0 saturated carbocycles. The molecule has 0 aromatic carbocycles. The smallest absolute Gasteiger partial charge is 0.214 e. The molecule has 1 aromatic rings. The number of rotatable bonds is 4. The van der Waals surface area contributed by atoms with Crippen molar-refractivity contribution in [3.05, 3.63) is 24.2 Å². The molecule has 0 amide bonds. The molecule has 1 fully saturated rings. The van der Waals surface area contributed by atoms with Crippen LogP contribution in [0.15, 0.2) is 22.8 Å². The van der Waals surface area contributed by atoms with E-state index >= 15 is 0 Å². The number of furan rings is 1. The summed E-state index contributed by atoms with van der Waals surface area (Å²) >= 11 is 0. The van der Waals surface area contributed by atoms with Gasteiger partial charge in [0.25, 0.3) is 0 Å². The fraction of sp³-hybridized carbons (Fsp3) is 0.692. The molecule has 1 aliphatic rings. The SMILES string of the molecule is CCCS(=O)(=O)N1CCCCCC1c1ccco1. The summed E-state index contributed by atoms with van der Waals surface area (Å²) in [7, 11) is -3.16. The van der Waals surface area contributed by atoms with E-state index < -0.39 is 10.0 Å². The topological polar surface area (TPSA) is 50.5 Å². The molecule has 1 unspecified atom stereocenters. The van der Waals surface area contributed by atoms with Crippen LogP contribution in [0.4, 0.5) is 0 Å². The zero-order chi connectivity index (χ0) is 13.0. The highest BCUT2D eigenvalue weighted by Crippen LogP contribution is 2.32. The van der Waals surface area contributed by atoms with Gasteiger partial charge in [0, 0.05) is 6.54 Å². The van der Waals surface area contributed by atoms with E-state index in [1.807, 2.05) is 19.1 Å². The molecule has 102 valence electrons. The Morgan fingerprint density at radius 1 is 1.39 bits per heavy atom. The maximum atomic E-state index is 12.3. The number of sulfonamides is 1. The average molecular weight is 271 g/mol. The van der Waals surface area contributed by atoms with Gasteiger partial charge in [-0.05, 0) is 31.4 Å². The fourth-order valence-corrected chi connectivity index (χ4v) is 4.31. The normalized spacial score (nSPS) is 22.8. The Morgan fingerprint density at radius 3 is 2.89 bits per heavy atom. The van der Waals surface area contributed by atoms with Gasteiger partial charge in [-0.25, -0.2) is 8.42 Å². The Labute approximate surface area is 109 Å². The first-order valence-corrected chi connectivity index (χ1v) is 8.29. The highest BCUT2D eigenvalue weighted by Gasteiger charge is 2.32. The maximum Gasteiger partial charge on any atom is 0.214 e. The highest BCUT2D eigenvalue weighted by molar-refractivity contribution is 7.89. The van der Waals surface area contributed by atoms with Gasteiger partial charge in [0.15, 0.2) is 0 Å². The van der Waals surface area contributed by atoms with Crippen LogP contribution in [0.25, 0.3) is 0 Å². The second kappa shape index (κ2) is 5.89. The summed E-state index contributed by atoms with van der Waals surface area (Å²) in [5, 5.41) is 0. The van der Waals surface area contributed by atoms with Crippen LogP contribution >= 0.6 is 0 Å². The van der Waals surface area contributed by atoms with Crippen LogP contribution in [-0.4, -0.2) is 25.0 Å². The van der Waals surface area contributed by atoms with E-state index in [0.717, 1.165) is 31.4 Å². The van der Waals surface area contributed by atoms with Crippen LogP contribution in [0, 0.1) is 0 Å². The Balaban J connectivity index is 2.28. The van der Waals surface area contributed by atoms with E-state index in [1.54, 1.807) is 10.6 Å². The van der Waals surface area contributed by atoms with Gasteiger partial charge in [-0.15, -0.1) is 0 Å². The minimum absolute atomic E-state index is 0.112. The van der Waals surface area contributed by atoms with Gasteiger partial charge >= 0.3 is 0 Å². The lowest BCUT2D eigenvalue weighted by atomic mass is 10.1. The standard InChI is InChI=1S/C13H21NO3S/c1-2-11-18(15,16)14-9-5-3-4-7-12(14)13-8-6-10-17-13/h6,8,10,12H,2-5,7,9,11H2,1H3. The minimum atomic E-state index is -3.16. The van der Waals surface area contributed by atoms with Crippen molar-refractivity contribution in [1.82, 2.24) is 4.31 Å². The molecule has 0 spiro atoms. The van der Waals surface area contributed by atoms with Crippen molar-refractivity contribution in [2.75, 3.05) is 12.3 Å². The Kier molecular flexibility index (Phi) is 4.45. The third kappa shape index (κ3) is 2.95. The summed E-state index contributed by atoms with van der Waals surface area (Å²) in [6.45, 7) is 2.52. The van der Waals surface area contributed by atoms with Gasteiger partial charge in [-0.1, -0.05) is 19.8 Å². The molecule has 18 heavy (non-hydrogen) atoms. The lowest BCUT2D eigenvalue weighted by molar-refractivity contribution is 0.285. The molecule has 5 heteroatoms. The molecule has 4 nitrogen and oxygen atoms in total. The third-order valence-electron chi connectivity index (χ3n) is 3.39. The van der Waals surface area contributed by atoms with Crippen molar-refractivity contribution in [2.45, 2.75) is 45.1 Å². The minimum Gasteiger partial charge on any atom is -0.468 e. The van der Waals surface area contributed by atoms with Crippen LogP contribution in [0.2, 0.25) is 0 Å². The van der Waals surface area contributed by atoms with Gasteiger partial charge in [-0.3, -0.25) is 0 Å². The van der Waals surface area contributed by atoms with Crippen LogP contribution < -0.4 is 0 Å². The lowest BCUT2D eigenvalue weighted by Crippen LogP contribution is -2.36. The van der Waals surface area contributed by atoms with Gasteiger partial charge < -0.3 is 4.42 Å². The van der Waals surface area contributed by atoms with Crippen molar-refractivity contribution < 1.29 is 12.8 Å². The first-order chi connectivity index (χ1) is 8.65. The Bertz CT molecular complexity index is 453. The van der Waals surface area contributed by atoms with Crippen molar-refractivity contribution in [3.8, 4) is 0 Å². The first kappa shape index (κ1) is 13.6. The van der Waals surface area contributed by atoms with Crippen LogP contribution in [-0.2, 0) is 10.0 Å². The second-order valence-electron chi connectivity index (χ2n) is 4.81. The zero-order valence-electron chi connectivity index (χ0n) is 10.8. The molecule has 1 atom stereocenters. The van der Waals surface area contributed by atoms with Gasteiger partial charge in [0.1, 0.15) is 5.76 Å². The highest BCUT2D eigenvalue weighted by atomic mass is 32.2. The molecule has 1 saturated heterocycles. The summed E-state index contributed by atoms with van der Waals surface area (Å²) < 4.78 is 31.7. The summed E-state index contributed by atoms with van der Waals surface area (Å²) in [6.07, 6.45) is 6.23. The number of hydrogen-bond acceptors (Lipinski definition) is 3. The summed E-state index contributed by atoms with van der Waals surface area (Å²) in [4.78, 5) is 0. The van der Waals surface area contributed by atoms with E-state index in [2.05, 4.69) is 0 Å². The molecule has 2 heterocycles. The molecule has 1 aromatic heterocycles. The summed E-state index contributed by atoms with van der Waals surface area (Å²) in [5.74, 6) is 1.00. The molecule has 0 N–H and O–H groups in total. The first-order valence-electron chi connectivity index (χ1n) is 6.68. The summed E-state index contributed by atoms with van der Waals surface area (Å²) in [5.41, 5.74) is 0. The van der Waals surface area contributed by atoms with E-state index in [4.69, 9.17) is 4.42 Å². The Hall–Kier alpha value is -0.810. The molecule has 0 bridgehead atoms. The number of hydrogen-bond donors (Lipinski definition) is 0. The quantitative estimate of drug-likeness (QED) is 0.846. The fourth-order valence-electron chi connectivity index (χ4n) is 2.56. The predicted octanol–water partition coefficient (Wildman–Crippen LogP) is 2.94. The molecule has 2 rings (SSSR count). The molecule has 1 aliphatic heterocycles. The molecular weight excluding hydrogens is 250 g/mol. The Morgan fingerprint density at radius 2 is 2.22 bits per heavy atom. The van der Waals surface area contributed by atoms with Crippen molar-refractivity contribution in [2.24, 2.45) is 0 Å². The van der Waals surface area contributed by atoms with Crippen LogP contribution in [0.3, 0.4) is 0 Å². The van der Waals surface area contributed by atoms with Crippen molar-refractivity contribution in [1.29, 1.82) is 0 Å². The molecule has 0 radical (unpaired) electrons. The van der Waals surface area contributed by atoms with E-state index in [1.165, 1.54) is 0 Å².